The fraction of sp³-hybridized carbons (Fsp3) is 0.409. The Hall–Kier alpha value is -2.89. The Morgan fingerprint density at radius 2 is 1.82 bits per heavy atom. The molecule has 6 heteroatoms. The van der Waals surface area contributed by atoms with Gasteiger partial charge in [-0.1, -0.05) is 30.3 Å². The molecule has 150 valence electrons. The summed E-state index contributed by atoms with van der Waals surface area (Å²) in [5, 5.41) is 6.96. The molecular formula is C22H30N4O2. The molecule has 1 aliphatic heterocycles. The van der Waals surface area contributed by atoms with E-state index in [1.165, 1.54) is 5.56 Å². The SMILES string of the molecule is CN=C(NCCc1ccccc1)NC1CCN(c2cc(OC)cc(OC)c2)C1. The summed E-state index contributed by atoms with van der Waals surface area (Å²) in [6.45, 7) is 2.75. The van der Waals surface area contributed by atoms with E-state index in [-0.39, 0.29) is 0 Å². The Balaban J connectivity index is 1.52. The van der Waals surface area contributed by atoms with Crippen LogP contribution >= 0.6 is 0 Å². The van der Waals surface area contributed by atoms with Crippen molar-refractivity contribution in [3.05, 3.63) is 54.1 Å². The molecule has 1 heterocycles. The summed E-state index contributed by atoms with van der Waals surface area (Å²) in [5.74, 6) is 2.47. The van der Waals surface area contributed by atoms with E-state index in [1.807, 2.05) is 19.2 Å². The van der Waals surface area contributed by atoms with Crippen LogP contribution in [0.3, 0.4) is 0 Å². The molecule has 1 saturated heterocycles. The number of methoxy groups -OCH3 is 2. The number of hydrogen-bond donors (Lipinski definition) is 2. The van der Waals surface area contributed by atoms with Gasteiger partial charge in [0.15, 0.2) is 5.96 Å². The molecular weight excluding hydrogens is 352 g/mol. The van der Waals surface area contributed by atoms with Crippen molar-refractivity contribution in [3.8, 4) is 11.5 Å². The minimum absolute atomic E-state index is 0.347. The van der Waals surface area contributed by atoms with Crippen molar-refractivity contribution in [3.63, 3.8) is 0 Å². The molecule has 0 aromatic heterocycles. The van der Waals surface area contributed by atoms with Crippen LogP contribution in [0.1, 0.15) is 12.0 Å². The van der Waals surface area contributed by atoms with E-state index in [0.29, 0.717) is 6.04 Å². The smallest absolute Gasteiger partial charge is 0.191 e. The van der Waals surface area contributed by atoms with Gasteiger partial charge in [0.2, 0.25) is 0 Å². The molecule has 2 N–H and O–H groups in total. The molecule has 2 aromatic carbocycles. The summed E-state index contributed by atoms with van der Waals surface area (Å²) in [6.07, 6.45) is 2.03. The highest BCUT2D eigenvalue weighted by atomic mass is 16.5. The van der Waals surface area contributed by atoms with Crippen LogP contribution in [-0.4, -0.2) is 52.9 Å². The molecule has 1 fully saturated rings. The molecule has 0 bridgehead atoms. The maximum Gasteiger partial charge on any atom is 0.191 e. The molecule has 1 atom stereocenters. The molecule has 0 amide bonds. The number of aliphatic imine (C=N–C) groups is 1. The number of nitrogens with one attached hydrogen (secondary N) is 2. The molecule has 0 aliphatic carbocycles. The first-order valence-corrected chi connectivity index (χ1v) is 9.71. The number of hydrogen-bond acceptors (Lipinski definition) is 4. The number of ether oxygens (including phenoxy) is 2. The second-order valence-corrected chi connectivity index (χ2v) is 6.88. The van der Waals surface area contributed by atoms with E-state index < -0.39 is 0 Å². The second-order valence-electron chi connectivity index (χ2n) is 6.88. The minimum Gasteiger partial charge on any atom is -0.497 e. The number of anilines is 1. The highest BCUT2D eigenvalue weighted by Gasteiger charge is 2.24. The van der Waals surface area contributed by atoms with Gasteiger partial charge in [0.05, 0.1) is 14.2 Å². The van der Waals surface area contributed by atoms with E-state index in [4.69, 9.17) is 9.47 Å². The summed E-state index contributed by atoms with van der Waals surface area (Å²) < 4.78 is 10.8. The zero-order chi connectivity index (χ0) is 19.8. The minimum atomic E-state index is 0.347. The van der Waals surface area contributed by atoms with Crippen molar-refractivity contribution >= 4 is 11.6 Å². The number of nitrogens with zero attached hydrogens (tertiary/aromatic N) is 2. The van der Waals surface area contributed by atoms with Gasteiger partial charge >= 0.3 is 0 Å². The molecule has 6 nitrogen and oxygen atoms in total. The third kappa shape index (κ3) is 5.31. The van der Waals surface area contributed by atoms with Gasteiger partial charge in [-0.2, -0.15) is 0 Å². The molecule has 0 radical (unpaired) electrons. The van der Waals surface area contributed by atoms with Crippen LogP contribution in [0.5, 0.6) is 11.5 Å². The van der Waals surface area contributed by atoms with Gasteiger partial charge in [0, 0.05) is 56.6 Å². The Morgan fingerprint density at radius 3 is 2.46 bits per heavy atom. The molecule has 0 saturated carbocycles. The third-order valence-corrected chi connectivity index (χ3v) is 5.00. The van der Waals surface area contributed by atoms with Crippen molar-refractivity contribution in [2.45, 2.75) is 18.9 Å². The van der Waals surface area contributed by atoms with Crippen molar-refractivity contribution < 1.29 is 9.47 Å². The van der Waals surface area contributed by atoms with Crippen LogP contribution in [-0.2, 0) is 6.42 Å². The van der Waals surface area contributed by atoms with Gasteiger partial charge < -0.3 is 25.0 Å². The van der Waals surface area contributed by atoms with Gasteiger partial charge in [0.25, 0.3) is 0 Å². The lowest BCUT2D eigenvalue weighted by Gasteiger charge is -2.21. The van der Waals surface area contributed by atoms with Gasteiger partial charge in [-0.15, -0.1) is 0 Å². The van der Waals surface area contributed by atoms with Crippen LogP contribution < -0.4 is 25.0 Å². The van der Waals surface area contributed by atoms with Crippen molar-refractivity contribution in [1.82, 2.24) is 10.6 Å². The lowest BCUT2D eigenvalue weighted by molar-refractivity contribution is 0.394. The average molecular weight is 383 g/mol. The highest BCUT2D eigenvalue weighted by molar-refractivity contribution is 5.80. The molecule has 28 heavy (non-hydrogen) atoms. The Morgan fingerprint density at radius 1 is 1.11 bits per heavy atom. The van der Waals surface area contributed by atoms with Crippen LogP contribution in [0.25, 0.3) is 0 Å². The van der Waals surface area contributed by atoms with Crippen molar-refractivity contribution in [2.75, 3.05) is 45.8 Å². The van der Waals surface area contributed by atoms with Crippen LogP contribution in [0, 0.1) is 0 Å². The van der Waals surface area contributed by atoms with E-state index in [0.717, 1.165) is 55.6 Å². The monoisotopic (exact) mass is 382 g/mol. The largest absolute Gasteiger partial charge is 0.497 e. The Kier molecular flexibility index (Phi) is 7.00. The summed E-state index contributed by atoms with van der Waals surface area (Å²) >= 11 is 0. The number of guanidine groups is 1. The number of rotatable bonds is 7. The molecule has 2 aromatic rings. The van der Waals surface area contributed by atoms with E-state index >= 15 is 0 Å². The van der Waals surface area contributed by atoms with E-state index in [2.05, 4.69) is 56.9 Å². The molecule has 1 aliphatic rings. The predicted molar refractivity (Wildman–Crippen MR) is 115 cm³/mol. The van der Waals surface area contributed by atoms with Gasteiger partial charge in [-0.25, -0.2) is 0 Å². The predicted octanol–water partition coefficient (Wildman–Crippen LogP) is 2.69. The quantitative estimate of drug-likeness (QED) is 0.570. The van der Waals surface area contributed by atoms with Crippen molar-refractivity contribution in [2.24, 2.45) is 4.99 Å². The topological polar surface area (TPSA) is 58.1 Å². The van der Waals surface area contributed by atoms with Crippen molar-refractivity contribution in [1.29, 1.82) is 0 Å². The molecule has 0 spiro atoms. The highest BCUT2D eigenvalue weighted by Crippen LogP contribution is 2.30. The lowest BCUT2D eigenvalue weighted by atomic mass is 10.1. The van der Waals surface area contributed by atoms with E-state index in [9.17, 15) is 0 Å². The zero-order valence-corrected chi connectivity index (χ0v) is 16.9. The average Bonchev–Trinajstić information content (AvgIpc) is 3.22. The van der Waals surface area contributed by atoms with Gasteiger partial charge in [0.1, 0.15) is 11.5 Å². The number of benzene rings is 2. The van der Waals surface area contributed by atoms with Gasteiger partial charge in [-0.3, -0.25) is 4.99 Å². The first-order valence-electron chi connectivity index (χ1n) is 9.71. The van der Waals surface area contributed by atoms with Crippen LogP contribution in [0.2, 0.25) is 0 Å². The standard InChI is InChI=1S/C22H30N4O2/c1-23-22(24-11-9-17-7-5-4-6-8-17)25-18-10-12-26(16-18)19-13-20(27-2)15-21(14-19)28-3/h4-8,13-15,18H,9-12,16H2,1-3H3,(H2,23,24,25). The summed E-state index contributed by atoms with van der Waals surface area (Å²) in [5.41, 5.74) is 2.44. The fourth-order valence-electron chi connectivity index (χ4n) is 3.45. The van der Waals surface area contributed by atoms with Gasteiger partial charge in [-0.05, 0) is 18.4 Å². The summed E-state index contributed by atoms with van der Waals surface area (Å²) in [6, 6.07) is 16.8. The fourth-order valence-corrected chi connectivity index (χ4v) is 3.45. The Bertz CT molecular complexity index is 757. The first kappa shape index (κ1) is 19.9. The van der Waals surface area contributed by atoms with Crippen LogP contribution in [0.4, 0.5) is 5.69 Å². The molecule has 3 rings (SSSR count). The lowest BCUT2D eigenvalue weighted by Crippen LogP contribution is -2.45. The Labute approximate surface area is 167 Å². The maximum absolute atomic E-state index is 5.40. The normalized spacial score (nSPS) is 16.8. The van der Waals surface area contributed by atoms with Crippen LogP contribution in [0.15, 0.2) is 53.5 Å². The maximum atomic E-state index is 5.40. The second kappa shape index (κ2) is 9.88. The summed E-state index contributed by atoms with van der Waals surface area (Å²) in [7, 11) is 5.17. The first-order chi connectivity index (χ1) is 13.7. The third-order valence-electron chi connectivity index (χ3n) is 5.00. The zero-order valence-electron chi connectivity index (χ0n) is 16.9. The van der Waals surface area contributed by atoms with E-state index in [1.54, 1.807) is 14.2 Å². The summed E-state index contributed by atoms with van der Waals surface area (Å²) in [4.78, 5) is 6.72. The molecule has 1 unspecified atom stereocenters.